The molecule has 0 aliphatic heterocycles. The van der Waals surface area contributed by atoms with E-state index in [9.17, 15) is 0 Å². The van der Waals surface area contributed by atoms with E-state index in [0.717, 1.165) is 13.2 Å². The van der Waals surface area contributed by atoms with Gasteiger partial charge in [0.2, 0.25) is 0 Å². The maximum atomic E-state index is 5.69. The summed E-state index contributed by atoms with van der Waals surface area (Å²) >= 11 is 0. The number of rotatable bonds is 8. The van der Waals surface area contributed by atoms with Crippen molar-refractivity contribution in [3.63, 3.8) is 0 Å². The molecule has 0 saturated carbocycles. The second-order valence-corrected chi connectivity index (χ2v) is 5.12. The molecule has 2 N–H and O–H groups in total. The molecular formula is C15H26N2O. The van der Waals surface area contributed by atoms with Crippen molar-refractivity contribution >= 4 is 5.69 Å². The monoisotopic (exact) mass is 250 g/mol. The van der Waals surface area contributed by atoms with E-state index in [1.165, 1.54) is 11.3 Å². The highest BCUT2D eigenvalue weighted by atomic mass is 16.5. The first kappa shape index (κ1) is 15.0. The van der Waals surface area contributed by atoms with Crippen LogP contribution in [-0.4, -0.2) is 25.2 Å². The van der Waals surface area contributed by atoms with Gasteiger partial charge in [-0.3, -0.25) is 0 Å². The molecule has 1 aromatic rings. The number of anilines is 1. The molecule has 1 rings (SSSR count). The van der Waals surface area contributed by atoms with Gasteiger partial charge in [-0.05, 0) is 19.9 Å². The highest BCUT2D eigenvalue weighted by Gasteiger charge is 2.02. The standard InChI is InChI=1S/C15H26N2O/c1-12(2)16-9-10-18-11-14-7-5-6-8-15(14)17-13(3)4/h5-8,12-13,16-17H,9-11H2,1-4H3. The van der Waals surface area contributed by atoms with E-state index in [1.54, 1.807) is 0 Å². The molecule has 0 atom stereocenters. The maximum Gasteiger partial charge on any atom is 0.0737 e. The molecule has 102 valence electrons. The van der Waals surface area contributed by atoms with Crippen molar-refractivity contribution in [3.8, 4) is 0 Å². The summed E-state index contributed by atoms with van der Waals surface area (Å²) in [6, 6.07) is 9.27. The molecule has 0 aliphatic rings. The Bertz CT molecular complexity index is 337. The Balaban J connectivity index is 2.37. The van der Waals surface area contributed by atoms with Crippen molar-refractivity contribution in [2.24, 2.45) is 0 Å². The number of hydrogen-bond donors (Lipinski definition) is 2. The predicted octanol–water partition coefficient (Wildman–Crippen LogP) is 3.02. The van der Waals surface area contributed by atoms with E-state index in [1.807, 2.05) is 0 Å². The second kappa shape index (κ2) is 8.11. The Kier molecular flexibility index (Phi) is 6.76. The molecule has 0 fully saturated rings. The molecule has 0 aliphatic carbocycles. The Labute approximate surface area is 111 Å². The molecule has 0 amide bonds. The third-order valence-corrected chi connectivity index (χ3v) is 2.52. The van der Waals surface area contributed by atoms with Gasteiger partial charge in [0.15, 0.2) is 0 Å². The van der Waals surface area contributed by atoms with Crippen LogP contribution in [0.4, 0.5) is 5.69 Å². The molecule has 0 unspecified atom stereocenters. The first-order valence-electron chi connectivity index (χ1n) is 6.75. The van der Waals surface area contributed by atoms with Crippen LogP contribution in [0.5, 0.6) is 0 Å². The summed E-state index contributed by atoms with van der Waals surface area (Å²) < 4.78 is 5.69. The van der Waals surface area contributed by atoms with E-state index in [2.05, 4.69) is 62.6 Å². The molecule has 0 aromatic heterocycles. The third kappa shape index (κ3) is 6.03. The Morgan fingerprint density at radius 1 is 1.06 bits per heavy atom. The molecule has 1 aromatic carbocycles. The summed E-state index contributed by atoms with van der Waals surface area (Å²) in [6.07, 6.45) is 0. The van der Waals surface area contributed by atoms with Crippen molar-refractivity contribution in [2.45, 2.75) is 46.4 Å². The van der Waals surface area contributed by atoms with Crippen LogP contribution in [0.2, 0.25) is 0 Å². The van der Waals surface area contributed by atoms with Crippen LogP contribution in [0.15, 0.2) is 24.3 Å². The minimum atomic E-state index is 0.439. The van der Waals surface area contributed by atoms with Gasteiger partial charge in [-0.15, -0.1) is 0 Å². The van der Waals surface area contributed by atoms with Crippen molar-refractivity contribution in [2.75, 3.05) is 18.5 Å². The normalized spacial score (nSPS) is 11.2. The third-order valence-electron chi connectivity index (χ3n) is 2.52. The summed E-state index contributed by atoms with van der Waals surface area (Å²) in [6.45, 7) is 10.9. The lowest BCUT2D eigenvalue weighted by molar-refractivity contribution is 0.122. The van der Waals surface area contributed by atoms with Gasteiger partial charge in [0.1, 0.15) is 0 Å². The summed E-state index contributed by atoms with van der Waals surface area (Å²) in [7, 11) is 0. The Morgan fingerprint density at radius 3 is 2.44 bits per heavy atom. The van der Waals surface area contributed by atoms with Crippen molar-refractivity contribution in [1.29, 1.82) is 0 Å². The van der Waals surface area contributed by atoms with Gasteiger partial charge in [-0.25, -0.2) is 0 Å². The molecule has 0 spiro atoms. The summed E-state index contributed by atoms with van der Waals surface area (Å²) in [4.78, 5) is 0. The number of ether oxygens (including phenoxy) is 1. The van der Waals surface area contributed by atoms with Gasteiger partial charge in [0, 0.05) is 29.9 Å². The number of benzene rings is 1. The number of para-hydroxylation sites is 1. The van der Waals surface area contributed by atoms with Gasteiger partial charge in [0.25, 0.3) is 0 Å². The fraction of sp³-hybridized carbons (Fsp3) is 0.600. The number of hydrogen-bond acceptors (Lipinski definition) is 3. The van der Waals surface area contributed by atoms with E-state index < -0.39 is 0 Å². The minimum Gasteiger partial charge on any atom is -0.383 e. The first-order chi connectivity index (χ1) is 8.59. The predicted molar refractivity (Wildman–Crippen MR) is 78.0 cm³/mol. The largest absolute Gasteiger partial charge is 0.383 e. The van der Waals surface area contributed by atoms with Crippen molar-refractivity contribution in [3.05, 3.63) is 29.8 Å². The summed E-state index contributed by atoms with van der Waals surface area (Å²) in [5.74, 6) is 0. The lowest BCUT2D eigenvalue weighted by Crippen LogP contribution is -2.26. The van der Waals surface area contributed by atoms with Gasteiger partial charge >= 0.3 is 0 Å². The molecule has 0 heterocycles. The zero-order chi connectivity index (χ0) is 13.4. The highest BCUT2D eigenvalue weighted by Crippen LogP contribution is 2.16. The van der Waals surface area contributed by atoms with Crippen LogP contribution in [0, 0.1) is 0 Å². The van der Waals surface area contributed by atoms with Gasteiger partial charge < -0.3 is 15.4 Å². The van der Waals surface area contributed by atoms with Crippen LogP contribution >= 0.6 is 0 Å². The lowest BCUT2D eigenvalue weighted by Gasteiger charge is -2.15. The topological polar surface area (TPSA) is 33.3 Å². The molecule has 0 saturated heterocycles. The minimum absolute atomic E-state index is 0.439. The van der Waals surface area contributed by atoms with Crippen LogP contribution in [0.1, 0.15) is 33.3 Å². The molecule has 3 heteroatoms. The molecule has 3 nitrogen and oxygen atoms in total. The van der Waals surface area contributed by atoms with Gasteiger partial charge in [-0.1, -0.05) is 32.0 Å². The summed E-state index contributed by atoms with van der Waals surface area (Å²) in [5, 5.41) is 6.77. The fourth-order valence-electron chi connectivity index (χ4n) is 1.70. The van der Waals surface area contributed by atoms with E-state index >= 15 is 0 Å². The van der Waals surface area contributed by atoms with Crippen molar-refractivity contribution < 1.29 is 4.74 Å². The van der Waals surface area contributed by atoms with E-state index in [0.29, 0.717) is 18.7 Å². The average molecular weight is 250 g/mol. The van der Waals surface area contributed by atoms with Crippen LogP contribution in [-0.2, 0) is 11.3 Å². The molecule has 0 bridgehead atoms. The molecular weight excluding hydrogens is 224 g/mol. The SMILES string of the molecule is CC(C)NCCOCc1ccccc1NC(C)C. The maximum absolute atomic E-state index is 5.69. The Hall–Kier alpha value is -1.06. The lowest BCUT2D eigenvalue weighted by atomic mass is 10.2. The van der Waals surface area contributed by atoms with E-state index in [-0.39, 0.29) is 0 Å². The fourth-order valence-corrected chi connectivity index (χ4v) is 1.70. The zero-order valence-electron chi connectivity index (χ0n) is 12.0. The zero-order valence-corrected chi connectivity index (χ0v) is 12.0. The molecule has 18 heavy (non-hydrogen) atoms. The Morgan fingerprint density at radius 2 is 1.78 bits per heavy atom. The smallest absolute Gasteiger partial charge is 0.0737 e. The quantitative estimate of drug-likeness (QED) is 0.696. The van der Waals surface area contributed by atoms with Gasteiger partial charge in [0.05, 0.1) is 13.2 Å². The van der Waals surface area contributed by atoms with Crippen LogP contribution in [0.3, 0.4) is 0 Å². The summed E-state index contributed by atoms with van der Waals surface area (Å²) in [5.41, 5.74) is 2.39. The first-order valence-corrected chi connectivity index (χ1v) is 6.75. The van der Waals surface area contributed by atoms with Crippen molar-refractivity contribution in [1.82, 2.24) is 5.32 Å². The highest BCUT2D eigenvalue weighted by molar-refractivity contribution is 5.51. The van der Waals surface area contributed by atoms with Crippen LogP contribution < -0.4 is 10.6 Å². The molecule has 0 radical (unpaired) electrons. The van der Waals surface area contributed by atoms with Crippen LogP contribution in [0.25, 0.3) is 0 Å². The van der Waals surface area contributed by atoms with Gasteiger partial charge in [-0.2, -0.15) is 0 Å². The average Bonchev–Trinajstić information content (AvgIpc) is 2.29. The second-order valence-electron chi connectivity index (χ2n) is 5.12. The number of nitrogens with one attached hydrogen (secondary N) is 2. The van der Waals surface area contributed by atoms with E-state index in [4.69, 9.17) is 4.74 Å².